The van der Waals surface area contributed by atoms with Crippen LogP contribution in [0.2, 0.25) is 0 Å². The summed E-state index contributed by atoms with van der Waals surface area (Å²) in [6.45, 7) is 4.47. The van der Waals surface area contributed by atoms with Gasteiger partial charge in [0.25, 0.3) is 5.91 Å². The summed E-state index contributed by atoms with van der Waals surface area (Å²) in [5.41, 5.74) is 2.02. The maximum Gasteiger partial charge on any atom is 0.262 e. The van der Waals surface area contributed by atoms with Crippen molar-refractivity contribution in [3.05, 3.63) is 54.6 Å². The molecule has 4 rings (SSSR count). The van der Waals surface area contributed by atoms with Crippen molar-refractivity contribution in [2.45, 2.75) is 18.9 Å². The molecule has 2 aromatic rings. The summed E-state index contributed by atoms with van der Waals surface area (Å²) in [5.74, 6) is 0.544. The fourth-order valence-corrected chi connectivity index (χ4v) is 3.40. The molecule has 1 amide bonds. The molecule has 2 aromatic carbocycles. The first-order valence-corrected chi connectivity index (χ1v) is 9.35. The first-order chi connectivity index (χ1) is 12.8. The number of para-hydroxylation sites is 1. The van der Waals surface area contributed by atoms with E-state index in [1.807, 2.05) is 42.5 Å². The van der Waals surface area contributed by atoms with Gasteiger partial charge in [0.1, 0.15) is 5.75 Å². The second-order valence-corrected chi connectivity index (χ2v) is 6.95. The number of rotatable bonds is 6. The highest BCUT2D eigenvalue weighted by Gasteiger charge is 2.31. The summed E-state index contributed by atoms with van der Waals surface area (Å²) >= 11 is 0. The summed E-state index contributed by atoms with van der Waals surface area (Å²) in [6, 6.07) is 18.3. The largest absolute Gasteiger partial charge is 0.484 e. The molecule has 0 bridgehead atoms. The fraction of sp³-hybridized carbons (Fsp3) is 0.381. The molecule has 5 heteroatoms. The number of amides is 1. The number of anilines is 2. The lowest BCUT2D eigenvalue weighted by Gasteiger charge is -2.36. The highest BCUT2D eigenvalue weighted by Crippen LogP contribution is 2.28. The number of hydrogen-bond acceptors (Lipinski definition) is 4. The van der Waals surface area contributed by atoms with Crippen LogP contribution in [0.25, 0.3) is 0 Å². The van der Waals surface area contributed by atoms with E-state index in [1.165, 1.54) is 18.5 Å². The van der Waals surface area contributed by atoms with Crippen LogP contribution in [0.3, 0.4) is 0 Å². The predicted molar refractivity (Wildman–Crippen MR) is 104 cm³/mol. The number of nitrogens with zero attached hydrogens (tertiary/aromatic N) is 2. The lowest BCUT2D eigenvalue weighted by atomic mass is 10.2. The van der Waals surface area contributed by atoms with E-state index in [-0.39, 0.29) is 12.5 Å². The van der Waals surface area contributed by atoms with Crippen LogP contribution in [0.15, 0.2) is 54.6 Å². The van der Waals surface area contributed by atoms with Gasteiger partial charge in [-0.15, -0.1) is 0 Å². The summed E-state index contributed by atoms with van der Waals surface area (Å²) in [7, 11) is 0. The molecule has 0 atom stereocenters. The average molecular weight is 351 g/mol. The minimum absolute atomic E-state index is 0.00882. The Bertz CT molecular complexity index is 721. The van der Waals surface area contributed by atoms with Crippen molar-refractivity contribution in [1.29, 1.82) is 0 Å². The maximum absolute atomic E-state index is 12.0. The Kier molecular flexibility index (Phi) is 5.07. The van der Waals surface area contributed by atoms with Crippen LogP contribution >= 0.6 is 0 Å². The quantitative estimate of drug-likeness (QED) is 0.869. The molecule has 1 saturated heterocycles. The zero-order valence-electron chi connectivity index (χ0n) is 14.9. The van der Waals surface area contributed by atoms with Gasteiger partial charge < -0.3 is 15.0 Å². The number of ether oxygens (including phenoxy) is 1. The first kappa shape index (κ1) is 16.9. The zero-order valence-corrected chi connectivity index (χ0v) is 14.9. The van der Waals surface area contributed by atoms with Crippen LogP contribution < -0.4 is 15.0 Å². The van der Waals surface area contributed by atoms with Crippen molar-refractivity contribution in [3.8, 4) is 5.75 Å². The number of piperazine rings is 1. The van der Waals surface area contributed by atoms with Gasteiger partial charge >= 0.3 is 0 Å². The molecule has 26 heavy (non-hydrogen) atoms. The molecule has 136 valence electrons. The summed E-state index contributed by atoms with van der Waals surface area (Å²) in [5, 5.41) is 2.88. The molecule has 2 aliphatic rings. The number of carbonyl (C=O) groups excluding carboxylic acids is 1. The molecule has 1 aliphatic heterocycles. The van der Waals surface area contributed by atoms with Crippen LogP contribution in [0, 0.1) is 0 Å². The minimum Gasteiger partial charge on any atom is -0.484 e. The van der Waals surface area contributed by atoms with Gasteiger partial charge in [0.15, 0.2) is 6.61 Å². The summed E-state index contributed by atoms with van der Waals surface area (Å²) < 4.78 is 5.47. The number of nitrogens with one attached hydrogen (secondary N) is 1. The van der Waals surface area contributed by atoms with Crippen molar-refractivity contribution >= 4 is 17.3 Å². The lowest BCUT2D eigenvalue weighted by Crippen LogP contribution is -2.47. The highest BCUT2D eigenvalue weighted by molar-refractivity contribution is 5.92. The Morgan fingerprint density at radius 2 is 1.65 bits per heavy atom. The van der Waals surface area contributed by atoms with Crippen LogP contribution in [0.1, 0.15) is 12.8 Å². The van der Waals surface area contributed by atoms with Gasteiger partial charge in [-0.1, -0.05) is 18.2 Å². The van der Waals surface area contributed by atoms with E-state index in [1.54, 1.807) is 0 Å². The molecule has 0 aromatic heterocycles. The predicted octanol–water partition coefficient (Wildman–Crippen LogP) is 2.99. The lowest BCUT2D eigenvalue weighted by molar-refractivity contribution is -0.118. The Labute approximate surface area is 154 Å². The third-order valence-electron chi connectivity index (χ3n) is 5.01. The second-order valence-electron chi connectivity index (χ2n) is 6.95. The van der Waals surface area contributed by atoms with Gasteiger partial charge in [0.05, 0.1) is 0 Å². The zero-order chi connectivity index (χ0) is 17.8. The Balaban J connectivity index is 1.25. The Hall–Kier alpha value is -2.53. The SMILES string of the molecule is O=C(COc1ccccc1)Nc1ccc(N2CCN(C3CC3)CC2)cc1. The molecular weight excluding hydrogens is 326 g/mol. The van der Waals surface area contributed by atoms with Crippen molar-refractivity contribution in [3.63, 3.8) is 0 Å². The van der Waals surface area contributed by atoms with Crippen LogP contribution in [0.5, 0.6) is 5.75 Å². The normalized spacial score (nSPS) is 17.8. The highest BCUT2D eigenvalue weighted by atomic mass is 16.5. The van der Waals surface area contributed by atoms with E-state index in [4.69, 9.17) is 4.74 Å². The van der Waals surface area contributed by atoms with Crippen molar-refractivity contribution in [2.24, 2.45) is 0 Å². The van der Waals surface area contributed by atoms with Gasteiger partial charge in [-0.05, 0) is 49.2 Å². The van der Waals surface area contributed by atoms with E-state index < -0.39 is 0 Å². The van der Waals surface area contributed by atoms with E-state index in [0.717, 1.165) is 37.9 Å². The molecule has 0 unspecified atom stereocenters. The van der Waals surface area contributed by atoms with Gasteiger partial charge in [-0.25, -0.2) is 0 Å². The smallest absolute Gasteiger partial charge is 0.262 e. The molecule has 0 spiro atoms. The van der Waals surface area contributed by atoms with Crippen molar-refractivity contribution < 1.29 is 9.53 Å². The third kappa shape index (κ3) is 4.35. The monoisotopic (exact) mass is 351 g/mol. The topological polar surface area (TPSA) is 44.8 Å². The molecule has 1 heterocycles. The summed E-state index contributed by atoms with van der Waals surface area (Å²) in [4.78, 5) is 17.1. The number of hydrogen-bond donors (Lipinski definition) is 1. The van der Waals surface area contributed by atoms with Gasteiger partial charge in [0, 0.05) is 43.6 Å². The molecule has 0 radical (unpaired) electrons. The third-order valence-corrected chi connectivity index (χ3v) is 5.01. The van der Waals surface area contributed by atoms with E-state index in [0.29, 0.717) is 5.75 Å². The second kappa shape index (κ2) is 7.79. The maximum atomic E-state index is 12.0. The molecule has 1 N–H and O–H groups in total. The van der Waals surface area contributed by atoms with Crippen LogP contribution in [-0.2, 0) is 4.79 Å². The van der Waals surface area contributed by atoms with Crippen molar-refractivity contribution in [2.75, 3.05) is 43.0 Å². The molecule has 2 fully saturated rings. The summed E-state index contributed by atoms with van der Waals surface area (Å²) in [6.07, 6.45) is 2.75. The molecule has 5 nitrogen and oxygen atoms in total. The Morgan fingerprint density at radius 3 is 2.31 bits per heavy atom. The molecule has 1 aliphatic carbocycles. The standard InChI is InChI=1S/C21H25N3O2/c25-21(16-26-20-4-2-1-3-5-20)22-17-6-8-18(9-7-17)23-12-14-24(15-13-23)19-10-11-19/h1-9,19H,10-16H2,(H,22,25). The number of benzene rings is 2. The Morgan fingerprint density at radius 1 is 0.962 bits per heavy atom. The van der Waals surface area contributed by atoms with Gasteiger partial charge in [-0.2, -0.15) is 0 Å². The average Bonchev–Trinajstić information content (AvgIpc) is 3.53. The van der Waals surface area contributed by atoms with E-state index in [9.17, 15) is 4.79 Å². The number of carbonyl (C=O) groups is 1. The minimum atomic E-state index is -0.153. The first-order valence-electron chi connectivity index (χ1n) is 9.35. The van der Waals surface area contributed by atoms with Crippen molar-refractivity contribution in [1.82, 2.24) is 4.90 Å². The fourth-order valence-electron chi connectivity index (χ4n) is 3.40. The van der Waals surface area contributed by atoms with Gasteiger partial charge in [-0.3, -0.25) is 9.69 Å². The molecule has 1 saturated carbocycles. The molecular formula is C21H25N3O2. The van der Waals surface area contributed by atoms with E-state index >= 15 is 0 Å². The van der Waals surface area contributed by atoms with Gasteiger partial charge in [0.2, 0.25) is 0 Å². The van der Waals surface area contributed by atoms with Crippen LogP contribution in [0.4, 0.5) is 11.4 Å². The van der Waals surface area contributed by atoms with Crippen LogP contribution in [-0.4, -0.2) is 49.6 Å². The van der Waals surface area contributed by atoms with E-state index in [2.05, 4.69) is 27.2 Å².